The van der Waals surface area contributed by atoms with Gasteiger partial charge in [0, 0.05) is 12.4 Å². The summed E-state index contributed by atoms with van der Waals surface area (Å²) in [7, 11) is 0. The molecule has 1 heterocycles. The lowest BCUT2D eigenvalue weighted by Gasteiger charge is -2.18. The Morgan fingerprint density at radius 3 is 2.68 bits per heavy atom. The molecule has 1 aromatic heterocycles. The average Bonchev–Trinajstić information content (AvgIpc) is 2.44. The molecule has 3 nitrogen and oxygen atoms in total. The Morgan fingerprint density at radius 2 is 2.05 bits per heavy atom. The van der Waals surface area contributed by atoms with E-state index in [9.17, 15) is 0 Å². The molecule has 0 bridgehead atoms. The first-order chi connectivity index (χ1) is 9.22. The van der Waals surface area contributed by atoms with Crippen molar-refractivity contribution in [2.24, 2.45) is 0 Å². The highest BCUT2D eigenvalue weighted by Crippen LogP contribution is 2.27. The van der Waals surface area contributed by atoms with Gasteiger partial charge in [-0.25, -0.2) is 0 Å². The normalized spacial score (nSPS) is 12.4. The summed E-state index contributed by atoms with van der Waals surface area (Å²) in [5, 5.41) is 4.55. The van der Waals surface area contributed by atoms with Gasteiger partial charge in [-0.05, 0) is 30.7 Å². The molecule has 1 N–H and O–H groups in total. The molecule has 0 aliphatic carbocycles. The minimum atomic E-state index is -0.0246. The number of rotatable bonds is 5. The van der Waals surface area contributed by atoms with Crippen LogP contribution in [0.1, 0.15) is 30.6 Å². The molecule has 1 aromatic carbocycles. The standard InChI is InChI=1S/C14H15Cl2N3/c1-2-5-19-14(13-9-17-6-7-18-13)10-3-4-11(15)12(16)8-10/h3-4,6-9,14,19H,2,5H2,1H3. The van der Waals surface area contributed by atoms with Gasteiger partial charge in [-0.15, -0.1) is 0 Å². The lowest BCUT2D eigenvalue weighted by Crippen LogP contribution is -2.24. The van der Waals surface area contributed by atoms with Crippen molar-refractivity contribution < 1.29 is 0 Å². The zero-order valence-corrected chi connectivity index (χ0v) is 12.1. The van der Waals surface area contributed by atoms with Crippen LogP contribution in [0.3, 0.4) is 0 Å². The van der Waals surface area contributed by atoms with Crippen molar-refractivity contribution in [3.8, 4) is 0 Å². The Labute approximate surface area is 123 Å². The Balaban J connectivity index is 2.34. The maximum absolute atomic E-state index is 6.08. The van der Waals surface area contributed by atoms with Crippen LogP contribution in [0.25, 0.3) is 0 Å². The monoisotopic (exact) mass is 295 g/mol. The minimum Gasteiger partial charge on any atom is -0.305 e. The first kappa shape index (κ1) is 14.3. The van der Waals surface area contributed by atoms with Crippen LogP contribution in [-0.4, -0.2) is 16.5 Å². The highest BCUT2D eigenvalue weighted by Gasteiger charge is 2.15. The van der Waals surface area contributed by atoms with Crippen LogP contribution in [0.15, 0.2) is 36.8 Å². The van der Waals surface area contributed by atoms with Crippen LogP contribution in [-0.2, 0) is 0 Å². The van der Waals surface area contributed by atoms with Gasteiger partial charge in [-0.1, -0.05) is 36.2 Å². The molecule has 0 saturated heterocycles. The quantitative estimate of drug-likeness (QED) is 0.910. The first-order valence-corrected chi connectivity index (χ1v) is 6.92. The molecule has 0 fully saturated rings. The van der Waals surface area contributed by atoms with Crippen molar-refractivity contribution >= 4 is 23.2 Å². The third-order valence-electron chi connectivity index (χ3n) is 2.75. The molecule has 0 aliphatic heterocycles. The Kier molecular flexibility index (Phi) is 5.14. The fourth-order valence-corrected chi connectivity index (χ4v) is 2.14. The van der Waals surface area contributed by atoms with E-state index in [-0.39, 0.29) is 6.04 Å². The van der Waals surface area contributed by atoms with Gasteiger partial charge in [0.15, 0.2) is 0 Å². The fraction of sp³-hybridized carbons (Fsp3) is 0.286. The number of nitrogens with zero attached hydrogens (tertiary/aromatic N) is 2. The number of nitrogens with one attached hydrogen (secondary N) is 1. The predicted molar refractivity (Wildman–Crippen MR) is 78.6 cm³/mol. The van der Waals surface area contributed by atoms with E-state index in [1.54, 1.807) is 24.7 Å². The summed E-state index contributed by atoms with van der Waals surface area (Å²) >= 11 is 12.0. The van der Waals surface area contributed by atoms with Gasteiger partial charge in [-0.3, -0.25) is 9.97 Å². The Bertz CT molecular complexity index is 531. The smallest absolute Gasteiger partial charge is 0.0801 e. The first-order valence-electron chi connectivity index (χ1n) is 6.16. The fourth-order valence-electron chi connectivity index (χ4n) is 1.83. The van der Waals surface area contributed by atoms with Gasteiger partial charge in [0.05, 0.1) is 28.0 Å². The van der Waals surface area contributed by atoms with Crippen molar-refractivity contribution in [3.63, 3.8) is 0 Å². The molecule has 1 unspecified atom stereocenters. The highest BCUT2D eigenvalue weighted by molar-refractivity contribution is 6.42. The molecule has 1 atom stereocenters. The molecule has 0 spiro atoms. The zero-order valence-electron chi connectivity index (χ0n) is 10.6. The minimum absolute atomic E-state index is 0.0246. The molecular weight excluding hydrogens is 281 g/mol. The number of benzene rings is 1. The van der Waals surface area contributed by atoms with E-state index in [0.29, 0.717) is 10.0 Å². The molecule has 0 saturated carbocycles. The van der Waals surface area contributed by atoms with Gasteiger partial charge < -0.3 is 5.32 Å². The summed E-state index contributed by atoms with van der Waals surface area (Å²) in [5.74, 6) is 0. The SMILES string of the molecule is CCCNC(c1ccc(Cl)c(Cl)c1)c1cnccn1. The Morgan fingerprint density at radius 1 is 1.21 bits per heavy atom. The van der Waals surface area contributed by atoms with Crippen LogP contribution in [0.5, 0.6) is 0 Å². The number of halogens is 2. The molecule has 5 heteroatoms. The summed E-state index contributed by atoms with van der Waals surface area (Å²) in [6.45, 7) is 3.01. The van der Waals surface area contributed by atoms with Crippen LogP contribution in [0.2, 0.25) is 10.0 Å². The van der Waals surface area contributed by atoms with Gasteiger partial charge in [0.2, 0.25) is 0 Å². The second-order valence-electron chi connectivity index (χ2n) is 4.19. The largest absolute Gasteiger partial charge is 0.305 e. The summed E-state index contributed by atoms with van der Waals surface area (Å²) in [6.07, 6.45) is 6.15. The van der Waals surface area contributed by atoms with E-state index in [1.807, 2.05) is 12.1 Å². The Hall–Kier alpha value is -1.16. The van der Waals surface area contributed by atoms with Crippen molar-refractivity contribution in [2.75, 3.05) is 6.54 Å². The predicted octanol–water partition coefficient (Wildman–Crippen LogP) is 3.87. The molecule has 100 valence electrons. The summed E-state index contributed by atoms with van der Waals surface area (Å²) in [4.78, 5) is 8.48. The van der Waals surface area contributed by atoms with E-state index in [4.69, 9.17) is 23.2 Å². The van der Waals surface area contributed by atoms with Gasteiger partial charge in [0.1, 0.15) is 0 Å². The molecule has 19 heavy (non-hydrogen) atoms. The molecule has 0 radical (unpaired) electrons. The second-order valence-corrected chi connectivity index (χ2v) is 5.01. The van der Waals surface area contributed by atoms with Crippen molar-refractivity contribution in [2.45, 2.75) is 19.4 Å². The molecule has 0 amide bonds. The average molecular weight is 296 g/mol. The summed E-state index contributed by atoms with van der Waals surface area (Å²) in [6, 6.07) is 5.60. The lowest BCUT2D eigenvalue weighted by atomic mass is 10.0. The van der Waals surface area contributed by atoms with Gasteiger partial charge in [0.25, 0.3) is 0 Å². The van der Waals surface area contributed by atoms with E-state index >= 15 is 0 Å². The molecule has 0 aliphatic rings. The number of hydrogen-bond acceptors (Lipinski definition) is 3. The highest BCUT2D eigenvalue weighted by atomic mass is 35.5. The van der Waals surface area contributed by atoms with Crippen LogP contribution in [0, 0.1) is 0 Å². The third-order valence-corrected chi connectivity index (χ3v) is 3.49. The summed E-state index contributed by atoms with van der Waals surface area (Å²) in [5.41, 5.74) is 1.90. The van der Waals surface area contributed by atoms with E-state index < -0.39 is 0 Å². The number of aromatic nitrogens is 2. The third kappa shape index (κ3) is 3.66. The summed E-state index contributed by atoms with van der Waals surface area (Å²) < 4.78 is 0. The van der Waals surface area contributed by atoms with Gasteiger partial charge in [-0.2, -0.15) is 0 Å². The van der Waals surface area contributed by atoms with E-state index in [2.05, 4.69) is 22.2 Å². The number of hydrogen-bond donors (Lipinski definition) is 1. The van der Waals surface area contributed by atoms with E-state index in [1.165, 1.54) is 0 Å². The maximum atomic E-state index is 6.08. The second kappa shape index (κ2) is 6.85. The van der Waals surface area contributed by atoms with Gasteiger partial charge >= 0.3 is 0 Å². The van der Waals surface area contributed by atoms with Crippen LogP contribution < -0.4 is 5.32 Å². The van der Waals surface area contributed by atoms with Crippen molar-refractivity contribution in [1.82, 2.24) is 15.3 Å². The topological polar surface area (TPSA) is 37.8 Å². The maximum Gasteiger partial charge on any atom is 0.0801 e. The zero-order chi connectivity index (χ0) is 13.7. The lowest BCUT2D eigenvalue weighted by molar-refractivity contribution is 0.584. The molecule has 2 aromatic rings. The molecular formula is C14H15Cl2N3. The van der Waals surface area contributed by atoms with Crippen molar-refractivity contribution in [1.29, 1.82) is 0 Å². The molecule has 2 rings (SSSR count). The van der Waals surface area contributed by atoms with Crippen molar-refractivity contribution in [3.05, 3.63) is 58.1 Å². The van der Waals surface area contributed by atoms with Crippen LogP contribution in [0.4, 0.5) is 0 Å². The van der Waals surface area contributed by atoms with Crippen LogP contribution >= 0.6 is 23.2 Å². The van der Waals surface area contributed by atoms with E-state index in [0.717, 1.165) is 24.2 Å².